The van der Waals surface area contributed by atoms with E-state index >= 15 is 0 Å². The highest BCUT2D eigenvalue weighted by Crippen LogP contribution is 2.32. The second kappa shape index (κ2) is 9.09. The molecule has 1 aliphatic heterocycles. The number of benzene rings is 1. The molecule has 1 aromatic heterocycles. The third kappa shape index (κ3) is 4.46. The normalized spacial score (nSPS) is 15.0. The number of aryl methyl sites for hydroxylation is 1. The molecule has 9 heteroatoms. The molecule has 1 unspecified atom stereocenters. The van der Waals surface area contributed by atoms with Crippen molar-refractivity contribution in [2.45, 2.75) is 38.1 Å². The number of fused-ring (bicyclic) bond motifs is 1. The van der Waals surface area contributed by atoms with E-state index in [1.165, 1.54) is 21.1 Å². The zero-order valence-corrected chi connectivity index (χ0v) is 18.7. The van der Waals surface area contributed by atoms with Gasteiger partial charge in [0.2, 0.25) is 10.0 Å². The third-order valence-corrected chi connectivity index (χ3v) is 7.19. The van der Waals surface area contributed by atoms with Crippen molar-refractivity contribution in [1.29, 1.82) is 0 Å². The molecule has 2 aromatic rings. The van der Waals surface area contributed by atoms with Gasteiger partial charge in [0.15, 0.2) is 11.5 Å². The number of nitrogens with zero attached hydrogens (tertiary/aromatic N) is 2. The molecule has 0 aliphatic carbocycles. The molecule has 1 atom stereocenters. The fraction of sp³-hybridized carbons (Fsp3) is 0.476. The van der Waals surface area contributed by atoms with Crippen LogP contribution in [0.25, 0.3) is 0 Å². The summed E-state index contributed by atoms with van der Waals surface area (Å²) in [5, 5.41) is 2.93. The SMILES string of the molecule is CCN(CC)S(=O)(=O)c1cc(C(=O)NC(C)c2ccc3c(c2)OCCCO3)n(C)c1. The number of sulfonamides is 1. The minimum Gasteiger partial charge on any atom is -0.490 e. The Morgan fingerprint density at radius 2 is 1.83 bits per heavy atom. The first kappa shape index (κ1) is 22.2. The number of ether oxygens (including phenoxy) is 2. The lowest BCUT2D eigenvalue weighted by molar-refractivity contribution is 0.0931. The van der Waals surface area contributed by atoms with E-state index in [1.54, 1.807) is 20.9 Å². The van der Waals surface area contributed by atoms with E-state index in [0.29, 0.717) is 37.8 Å². The van der Waals surface area contributed by atoms with Gasteiger partial charge in [0, 0.05) is 32.8 Å². The molecular weight excluding hydrogens is 406 g/mol. The van der Waals surface area contributed by atoms with Crippen LogP contribution >= 0.6 is 0 Å². The molecule has 0 fully saturated rings. The molecule has 2 heterocycles. The highest BCUT2D eigenvalue weighted by Gasteiger charge is 2.26. The van der Waals surface area contributed by atoms with Crippen LogP contribution in [0.2, 0.25) is 0 Å². The maximum atomic E-state index is 12.8. The molecule has 1 aliphatic rings. The van der Waals surface area contributed by atoms with E-state index in [-0.39, 0.29) is 22.5 Å². The van der Waals surface area contributed by atoms with E-state index in [2.05, 4.69) is 5.32 Å². The van der Waals surface area contributed by atoms with E-state index in [4.69, 9.17) is 9.47 Å². The van der Waals surface area contributed by atoms with Crippen LogP contribution in [-0.2, 0) is 17.1 Å². The summed E-state index contributed by atoms with van der Waals surface area (Å²) in [5.74, 6) is 1.01. The van der Waals surface area contributed by atoms with Crippen LogP contribution < -0.4 is 14.8 Å². The van der Waals surface area contributed by atoms with Gasteiger partial charge in [-0.05, 0) is 30.7 Å². The van der Waals surface area contributed by atoms with E-state index < -0.39 is 10.0 Å². The van der Waals surface area contributed by atoms with Gasteiger partial charge in [-0.15, -0.1) is 0 Å². The van der Waals surface area contributed by atoms with Crippen LogP contribution in [0.5, 0.6) is 11.5 Å². The van der Waals surface area contributed by atoms with Gasteiger partial charge in [-0.3, -0.25) is 4.79 Å². The average Bonchev–Trinajstić information content (AvgIpc) is 2.96. The molecule has 0 spiro atoms. The van der Waals surface area contributed by atoms with Crippen molar-refractivity contribution in [3.05, 3.63) is 41.7 Å². The first-order chi connectivity index (χ1) is 14.3. The zero-order valence-electron chi connectivity index (χ0n) is 17.8. The largest absolute Gasteiger partial charge is 0.490 e. The van der Waals surface area contributed by atoms with Crippen molar-refractivity contribution in [3.63, 3.8) is 0 Å². The van der Waals surface area contributed by atoms with Gasteiger partial charge in [0.05, 0.1) is 19.3 Å². The van der Waals surface area contributed by atoms with Crippen LogP contribution in [0, 0.1) is 0 Å². The lowest BCUT2D eigenvalue weighted by atomic mass is 10.1. The Morgan fingerprint density at radius 1 is 1.17 bits per heavy atom. The first-order valence-electron chi connectivity index (χ1n) is 10.1. The Kier molecular flexibility index (Phi) is 6.72. The van der Waals surface area contributed by atoms with Gasteiger partial charge in [-0.1, -0.05) is 19.9 Å². The van der Waals surface area contributed by atoms with Crippen LogP contribution in [0.4, 0.5) is 0 Å². The number of hydrogen-bond donors (Lipinski definition) is 1. The number of carbonyl (C=O) groups excluding carboxylic acids is 1. The van der Waals surface area contributed by atoms with Gasteiger partial charge in [0.25, 0.3) is 5.91 Å². The molecule has 30 heavy (non-hydrogen) atoms. The molecule has 0 saturated carbocycles. The Bertz CT molecular complexity index is 1010. The molecule has 1 amide bonds. The number of carbonyl (C=O) groups is 1. The summed E-state index contributed by atoms with van der Waals surface area (Å²) in [6, 6.07) is 6.72. The zero-order chi connectivity index (χ0) is 21.9. The highest BCUT2D eigenvalue weighted by molar-refractivity contribution is 7.89. The molecular formula is C21H29N3O5S. The highest BCUT2D eigenvalue weighted by atomic mass is 32.2. The fourth-order valence-electron chi connectivity index (χ4n) is 3.42. The number of amides is 1. The number of rotatable bonds is 7. The minimum atomic E-state index is -3.63. The van der Waals surface area contributed by atoms with E-state index in [9.17, 15) is 13.2 Å². The van der Waals surface area contributed by atoms with Crippen molar-refractivity contribution in [3.8, 4) is 11.5 Å². The molecule has 8 nitrogen and oxygen atoms in total. The second-order valence-electron chi connectivity index (χ2n) is 7.21. The van der Waals surface area contributed by atoms with Gasteiger partial charge in [-0.25, -0.2) is 8.42 Å². The standard InChI is InChI=1S/C21H29N3O5S/c1-5-24(6-2)30(26,27)17-13-18(23(4)14-17)21(25)22-15(3)16-8-9-19-20(12-16)29-11-7-10-28-19/h8-9,12-15H,5-7,10-11H2,1-4H3,(H,22,25). The minimum absolute atomic E-state index is 0.113. The Balaban J connectivity index is 1.78. The van der Waals surface area contributed by atoms with Crippen LogP contribution in [0.1, 0.15) is 49.3 Å². The lowest BCUT2D eigenvalue weighted by Crippen LogP contribution is -2.30. The molecule has 3 rings (SSSR count). The van der Waals surface area contributed by atoms with Gasteiger partial charge in [-0.2, -0.15) is 4.31 Å². The van der Waals surface area contributed by atoms with Crippen molar-refractivity contribution in [2.24, 2.45) is 7.05 Å². The van der Waals surface area contributed by atoms with Crippen LogP contribution in [-0.4, -0.2) is 49.5 Å². The molecule has 1 aromatic carbocycles. The van der Waals surface area contributed by atoms with Gasteiger partial charge in [0.1, 0.15) is 10.6 Å². The Hall–Kier alpha value is -2.52. The maximum absolute atomic E-state index is 12.8. The summed E-state index contributed by atoms with van der Waals surface area (Å²) in [4.78, 5) is 13.0. The molecule has 0 radical (unpaired) electrons. The monoisotopic (exact) mass is 435 g/mol. The van der Waals surface area contributed by atoms with Crippen molar-refractivity contribution in [1.82, 2.24) is 14.2 Å². The molecule has 0 bridgehead atoms. The third-order valence-electron chi connectivity index (χ3n) is 5.17. The summed E-state index contributed by atoms with van der Waals surface area (Å²) in [5.41, 5.74) is 1.15. The smallest absolute Gasteiger partial charge is 0.268 e. The van der Waals surface area contributed by atoms with Crippen molar-refractivity contribution >= 4 is 15.9 Å². The topological polar surface area (TPSA) is 89.9 Å². The summed E-state index contributed by atoms with van der Waals surface area (Å²) in [6.07, 6.45) is 2.29. The van der Waals surface area contributed by atoms with Gasteiger partial charge >= 0.3 is 0 Å². The van der Waals surface area contributed by atoms with Crippen LogP contribution in [0.15, 0.2) is 35.4 Å². The van der Waals surface area contributed by atoms with Gasteiger partial charge < -0.3 is 19.4 Å². The maximum Gasteiger partial charge on any atom is 0.268 e. The first-order valence-corrected chi connectivity index (χ1v) is 11.6. The van der Waals surface area contributed by atoms with Crippen LogP contribution in [0.3, 0.4) is 0 Å². The van der Waals surface area contributed by atoms with E-state index in [1.807, 2.05) is 25.1 Å². The Morgan fingerprint density at radius 3 is 2.50 bits per heavy atom. The quantitative estimate of drug-likeness (QED) is 0.722. The molecule has 1 N–H and O–H groups in total. The second-order valence-corrected chi connectivity index (χ2v) is 9.15. The summed E-state index contributed by atoms with van der Waals surface area (Å²) < 4.78 is 39.8. The number of nitrogens with one attached hydrogen (secondary N) is 1. The average molecular weight is 436 g/mol. The number of aromatic nitrogens is 1. The summed E-state index contributed by atoms with van der Waals surface area (Å²) in [7, 11) is -1.97. The lowest BCUT2D eigenvalue weighted by Gasteiger charge is -2.17. The summed E-state index contributed by atoms with van der Waals surface area (Å²) >= 11 is 0. The Labute approximate surface area is 177 Å². The molecule has 164 valence electrons. The van der Waals surface area contributed by atoms with Crippen molar-refractivity contribution in [2.75, 3.05) is 26.3 Å². The fourth-order valence-corrected chi connectivity index (χ4v) is 4.95. The predicted octanol–water partition coefficient (Wildman–Crippen LogP) is 2.71. The summed E-state index contributed by atoms with van der Waals surface area (Å²) in [6.45, 7) is 7.39. The molecule has 0 saturated heterocycles. The van der Waals surface area contributed by atoms with E-state index in [0.717, 1.165) is 12.0 Å². The number of hydrogen-bond acceptors (Lipinski definition) is 5. The predicted molar refractivity (Wildman–Crippen MR) is 113 cm³/mol. The van der Waals surface area contributed by atoms with Crippen molar-refractivity contribution < 1.29 is 22.7 Å².